The molecule has 0 aliphatic carbocycles. The number of hydrogen-bond donors (Lipinski definition) is 2. The van der Waals surface area contributed by atoms with Gasteiger partial charge in [-0.3, -0.25) is 4.79 Å². The average Bonchev–Trinajstić information content (AvgIpc) is 2.96. The Kier molecular flexibility index (Phi) is 8.40. The van der Waals surface area contributed by atoms with E-state index in [0.717, 1.165) is 0 Å². The summed E-state index contributed by atoms with van der Waals surface area (Å²) >= 11 is 13.7. The molecule has 2 amide bonds. The molecule has 8 nitrogen and oxygen atoms in total. The second-order valence-electron chi connectivity index (χ2n) is 7.51. The highest BCUT2D eigenvalue weighted by Crippen LogP contribution is 2.25. The van der Waals surface area contributed by atoms with Crippen LogP contribution in [0.1, 0.15) is 32.9 Å². The van der Waals surface area contributed by atoms with Crippen molar-refractivity contribution in [1.29, 1.82) is 0 Å². The summed E-state index contributed by atoms with van der Waals surface area (Å²) in [7, 11) is 0. The van der Waals surface area contributed by atoms with Crippen LogP contribution in [-0.4, -0.2) is 50.4 Å². The number of carbonyl (C=O) groups is 2. The molecule has 0 bridgehead atoms. The summed E-state index contributed by atoms with van der Waals surface area (Å²) < 4.78 is 6.70. The number of ether oxygens (including phenoxy) is 1. The second kappa shape index (κ2) is 10.4. The molecule has 164 valence electrons. The van der Waals surface area contributed by atoms with E-state index in [-0.39, 0.29) is 5.02 Å². The number of nitrogens with zero attached hydrogens (tertiary/aromatic N) is 3. The Morgan fingerprint density at radius 2 is 2.00 bits per heavy atom. The molecule has 1 atom stereocenters. The highest BCUT2D eigenvalue weighted by Gasteiger charge is 2.25. The summed E-state index contributed by atoms with van der Waals surface area (Å²) in [6.45, 7) is 7.05. The van der Waals surface area contributed by atoms with Gasteiger partial charge in [0.15, 0.2) is 5.82 Å². The van der Waals surface area contributed by atoms with Crippen molar-refractivity contribution in [3.05, 3.63) is 34.1 Å². The first kappa shape index (κ1) is 24.3. The number of nitrogens with one attached hydrogen (secondary N) is 2. The number of alkyl carbamates (subject to hydrolysis) is 1. The summed E-state index contributed by atoms with van der Waals surface area (Å²) in [6, 6.07) is 2.44. The number of aromatic nitrogens is 3. The third-order valence-electron chi connectivity index (χ3n) is 3.69. The lowest BCUT2D eigenvalue weighted by molar-refractivity contribution is -0.118. The van der Waals surface area contributed by atoms with Gasteiger partial charge in [-0.25, -0.2) is 9.78 Å². The Morgan fingerprint density at radius 1 is 1.30 bits per heavy atom. The Balaban J connectivity index is 2.23. The first-order valence-electron chi connectivity index (χ1n) is 9.17. The molecule has 2 rings (SSSR count). The fourth-order valence-electron chi connectivity index (χ4n) is 2.48. The van der Waals surface area contributed by atoms with Gasteiger partial charge in [0.1, 0.15) is 17.5 Å². The average molecular weight is 474 g/mol. The van der Waals surface area contributed by atoms with Gasteiger partial charge in [0.25, 0.3) is 0 Å². The van der Waals surface area contributed by atoms with Gasteiger partial charge in [0, 0.05) is 12.3 Å². The minimum atomic E-state index is -0.787. The van der Waals surface area contributed by atoms with E-state index in [1.807, 2.05) is 6.26 Å². The van der Waals surface area contributed by atoms with E-state index in [4.69, 9.17) is 27.9 Å². The standard InChI is InChI=1S/C19H25Cl2N5O3S/c1-11-8-15(26(25-11)16-13(21)9-12(20)10-22-16)24-17(27)14(6-7-30-5)23-18(28)29-19(2,3)4/h8-10,14H,6-7H2,1-5H3,(H,23,28)(H,24,27). The minimum absolute atomic E-state index is 0.284. The van der Waals surface area contributed by atoms with Crippen molar-refractivity contribution in [2.45, 2.75) is 45.8 Å². The largest absolute Gasteiger partial charge is 0.444 e. The summed E-state index contributed by atoms with van der Waals surface area (Å²) in [5.41, 5.74) is -0.0176. The molecule has 0 aromatic carbocycles. The Labute approximate surface area is 190 Å². The molecule has 0 radical (unpaired) electrons. The van der Waals surface area contributed by atoms with Gasteiger partial charge in [-0.05, 0) is 52.2 Å². The third-order valence-corrected chi connectivity index (χ3v) is 4.82. The lowest BCUT2D eigenvalue weighted by atomic mass is 10.2. The van der Waals surface area contributed by atoms with Gasteiger partial charge in [0.2, 0.25) is 5.91 Å². The molecule has 2 aromatic rings. The Bertz CT molecular complexity index is 914. The highest BCUT2D eigenvalue weighted by molar-refractivity contribution is 7.98. The lowest BCUT2D eigenvalue weighted by Gasteiger charge is -2.23. The first-order valence-corrected chi connectivity index (χ1v) is 11.3. The maximum atomic E-state index is 12.9. The Morgan fingerprint density at radius 3 is 2.60 bits per heavy atom. The fourth-order valence-corrected chi connectivity index (χ4v) is 3.41. The quantitative estimate of drug-likeness (QED) is 0.615. The zero-order valence-corrected chi connectivity index (χ0v) is 19.8. The predicted molar refractivity (Wildman–Crippen MR) is 121 cm³/mol. The van der Waals surface area contributed by atoms with E-state index in [1.165, 1.54) is 10.9 Å². The van der Waals surface area contributed by atoms with E-state index in [2.05, 4.69) is 20.7 Å². The number of pyridine rings is 1. The molecule has 0 aliphatic heterocycles. The van der Waals surface area contributed by atoms with Crippen LogP contribution in [0.5, 0.6) is 0 Å². The van der Waals surface area contributed by atoms with Gasteiger partial charge in [-0.15, -0.1) is 0 Å². The molecule has 0 fully saturated rings. The molecule has 2 heterocycles. The molecule has 0 saturated heterocycles. The molecule has 30 heavy (non-hydrogen) atoms. The topological polar surface area (TPSA) is 98.1 Å². The van der Waals surface area contributed by atoms with Gasteiger partial charge in [0.05, 0.1) is 15.7 Å². The SMILES string of the molecule is CSCCC(NC(=O)OC(C)(C)C)C(=O)Nc1cc(C)nn1-c1ncc(Cl)cc1Cl. The van der Waals surface area contributed by atoms with Crippen LogP contribution in [0.2, 0.25) is 10.0 Å². The van der Waals surface area contributed by atoms with Crippen molar-refractivity contribution in [3.8, 4) is 5.82 Å². The number of carbonyl (C=O) groups excluding carboxylic acids is 2. The van der Waals surface area contributed by atoms with Crippen LogP contribution in [0.3, 0.4) is 0 Å². The first-order chi connectivity index (χ1) is 14.0. The van der Waals surface area contributed by atoms with Crippen LogP contribution in [0, 0.1) is 6.92 Å². The van der Waals surface area contributed by atoms with Crippen molar-refractivity contribution >= 4 is 52.8 Å². The fraction of sp³-hybridized carbons (Fsp3) is 0.474. The van der Waals surface area contributed by atoms with E-state index in [1.54, 1.807) is 51.6 Å². The van der Waals surface area contributed by atoms with E-state index >= 15 is 0 Å². The maximum absolute atomic E-state index is 12.9. The third kappa shape index (κ3) is 7.07. The summed E-state index contributed by atoms with van der Waals surface area (Å²) in [4.78, 5) is 29.3. The zero-order valence-electron chi connectivity index (χ0n) is 17.5. The number of hydrogen-bond acceptors (Lipinski definition) is 6. The van der Waals surface area contributed by atoms with Crippen LogP contribution >= 0.6 is 35.0 Å². The van der Waals surface area contributed by atoms with Crippen LogP contribution in [0.15, 0.2) is 18.3 Å². The van der Waals surface area contributed by atoms with E-state index in [0.29, 0.717) is 34.5 Å². The number of thioether (sulfide) groups is 1. The van der Waals surface area contributed by atoms with Crippen LogP contribution in [-0.2, 0) is 9.53 Å². The molecule has 0 spiro atoms. The van der Waals surface area contributed by atoms with Gasteiger partial charge >= 0.3 is 6.09 Å². The molecule has 0 saturated carbocycles. The number of rotatable bonds is 7. The number of aryl methyl sites for hydroxylation is 1. The second-order valence-corrected chi connectivity index (χ2v) is 9.34. The summed E-state index contributed by atoms with van der Waals surface area (Å²) in [5, 5.41) is 10.5. The minimum Gasteiger partial charge on any atom is -0.444 e. The van der Waals surface area contributed by atoms with Gasteiger partial charge in [-0.2, -0.15) is 21.5 Å². The monoisotopic (exact) mass is 473 g/mol. The Hall–Kier alpha value is -1.97. The van der Waals surface area contributed by atoms with Crippen molar-refractivity contribution in [2.24, 2.45) is 0 Å². The molecular formula is C19H25Cl2N5O3S. The normalized spacial score (nSPS) is 12.4. The van der Waals surface area contributed by atoms with Crippen molar-refractivity contribution in [3.63, 3.8) is 0 Å². The molecule has 0 aliphatic rings. The van der Waals surface area contributed by atoms with Gasteiger partial charge in [-0.1, -0.05) is 23.2 Å². The number of anilines is 1. The van der Waals surface area contributed by atoms with Gasteiger partial charge < -0.3 is 15.4 Å². The highest BCUT2D eigenvalue weighted by atomic mass is 35.5. The molecule has 11 heteroatoms. The van der Waals surface area contributed by atoms with Crippen molar-refractivity contribution in [1.82, 2.24) is 20.1 Å². The van der Waals surface area contributed by atoms with E-state index in [9.17, 15) is 9.59 Å². The van der Waals surface area contributed by atoms with Crippen LogP contribution < -0.4 is 10.6 Å². The van der Waals surface area contributed by atoms with Crippen LogP contribution in [0.25, 0.3) is 5.82 Å². The zero-order chi connectivity index (χ0) is 22.5. The molecular weight excluding hydrogens is 449 g/mol. The summed E-state index contributed by atoms with van der Waals surface area (Å²) in [6.07, 6.45) is 3.14. The lowest BCUT2D eigenvalue weighted by Crippen LogP contribution is -2.46. The molecule has 1 unspecified atom stereocenters. The number of amides is 2. The van der Waals surface area contributed by atoms with Crippen LogP contribution in [0.4, 0.5) is 10.6 Å². The predicted octanol–water partition coefficient (Wildman–Crippen LogP) is 4.47. The van der Waals surface area contributed by atoms with Crippen molar-refractivity contribution in [2.75, 3.05) is 17.3 Å². The van der Waals surface area contributed by atoms with E-state index < -0.39 is 23.6 Å². The smallest absolute Gasteiger partial charge is 0.408 e. The van der Waals surface area contributed by atoms with Crippen molar-refractivity contribution < 1.29 is 14.3 Å². The maximum Gasteiger partial charge on any atom is 0.408 e. The summed E-state index contributed by atoms with van der Waals surface area (Å²) in [5.74, 6) is 0.970. The number of halogens is 2. The molecule has 2 aromatic heterocycles. The molecule has 2 N–H and O–H groups in total.